The Hall–Kier alpha value is -1.62. The number of ether oxygens (including phenoxy) is 3. The van der Waals surface area contributed by atoms with Crippen molar-refractivity contribution in [3.8, 4) is 0 Å². The van der Waals surface area contributed by atoms with Crippen LogP contribution in [-0.2, 0) is 23.8 Å². The Bertz CT molecular complexity index is 800. The summed E-state index contributed by atoms with van der Waals surface area (Å²) >= 11 is 0. The van der Waals surface area contributed by atoms with E-state index in [-0.39, 0.29) is 17.7 Å². The molecule has 0 radical (unpaired) electrons. The molecule has 0 aromatic heterocycles. The molecule has 2 fully saturated rings. The maximum Gasteiger partial charge on any atom is 0.309 e. The number of allylic oxidation sites excluding steroid dienone is 1. The van der Waals surface area contributed by atoms with E-state index in [4.69, 9.17) is 14.2 Å². The topological polar surface area (TPSA) is 143 Å². The molecule has 9 heteroatoms. The van der Waals surface area contributed by atoms with Crippen molar-refractivity contribution < 1.29 is 44.2 Å². The highest BCUT2D eigenvalue weighted by Gasteiger charge is 2.56. The zero-order valence-corrected chi connectivity index (χ0v) is 17.1. The number of aliphatic hydroxyl groups is 4. The van der Waals surface area contributed by atoms with Crippen LogP contribution >= 0.6 is 0 Å². The summed E-state index contributed by atoms with van der Waals surface area (Å²) in [6.07, 6.45) is -6.35. The van der Waals surface area contributed by atoms with Crippen LogP contribution in [0.3, 0.4) is 0 Å². The van der Waals surface area contributed by atoms with E-state index in [0.29, 0.717) is 12.0 Å². The van der Waals surface area contributed by atoms with Crippen LogP contribution in [-0.4, -0.2) is 81.7 Å². The molecule has 0 spiro atoms. The van der Waals surface area contributed by atoms with Crippen LogP contribution in [0, 0.1) is 17.8 Å². The third-order valence-electron chi connectivity index (χ3n) is 6.89. The molecule has 10 atom stereocenters. The second kappa shape index (κ2) is 7.81. The van der Waals surface area contributed by atoms with Gasteiger partial charge in [-0.15, -0.1) is 0 Å². The molecule has 0 unspecified atom stereocenters. The summed E-state index contributed by atoms with van der Waals surface area (Å²) in [6.45, 7) is 4.86. The minimum absolute atomic E-state index is 0.0992. The first-order chi connectivity index (χ1) is 14.1. The van der Waals surface area contributed by atoms with Crippen molar-refractivity contribution in [1.29, 1.82) is 0 Å². The fourth-order valence-electron chi connectivity index (χ4n) is 5.28. The van der Waals surface area contributed by atoms with E-state index in [1.165, 1.54) is 0 Å². The number of aliphatic hydroxyl groups excluding tert-OH is 4. The van der Waals surface area contributed by atoms with Crippen LogP contribution in [0.2, 0.25) is 0 Å². The normalized spacial score (nSPS) is 46.3. The van der Waals surface area contributed by atoms with Gasteiger partial charge in [0.1, 0.15) is 30.5 Å². The van der Waals surface area contributed by atoms with Gasteiger partial charge in [0.2, 0.25) is 0 Å². The van der Waals surface area contributed by atoms with Crippen molar-refractivity contribution in [3.63, 3.8) is 0 Å². The lowest BCUT2D eigenvalue weighted by Gasteiger charge is -2.42. The fraction of sp³-hybridized carbons (Fsp3) is 0.714. The summed E-state index contributed by atoms with van der Waals surface area (Å²) < 4.78 is 17.3. The maximum atomic E-state index is 12.6. The van der Waals surface area contributed by atoms with E-state index in [9.17, 15) is 30.0 Å². The summed E-state index contributed by atoms with van der Waals surface area (Å²) in [5, 5.41) is 39.9. The Balaban J connectivity index is 1.66. The fourth-order valence-corrected chi connectivity index (χ4v) is 5.28. The van der Waals surface area contributed by atoms with E-state index in [1.807, 2.05) is 13.8 Å². The average Bonchev–Trinajstić information content (AvgIpc) is 3.11. The Kier molecular flexibility index (Phi) is 5.63. The molecule has 9 nitrogen and oxygen atoms in total. The molecule has 2 saturated heterocycles. The van der Waals surface area contributed by atoms with Gasteiger partial charge < -0.3 is 34.6 Å². The van der Waals surface area contributed by atoms with Crippen molar-refractivity contribution in [1.82, 2.24) is 0 Å². The number of esters is 1. The van der Waals surface area contributed by atoms with Crippen molar-refractivity contribution >= 4 is 11.8 Å². The molecule has 4 rings (SSSR count). The number of fused-ring (bicyclic) bond motifs is 3. The molecule has 2 heterocycles. The third-order valence-corrected chi connectivity index (χ3v) is 6.89. The predicted molar refractivity (Wildman–Crippen MR) is 101 cm³/mol. The zero-order chi connectivity index (χ0) is 21.9. The second-order valence-electron chi connectivity index (χ2n) is 8.77. The van der Waals surface area contributed by atoms with Gasteiger partial charge in [0.25, 0.3) is 0 Å². The first kappa shape index (κ1) is 21.6. The van der Waals surface area contributed by atoms with Crippen molar-refractivity contribution in [2.45, 2.75) is 70.1 Å². The van der Waals surface area contributed by atoms with Crippen LogP contribution < -0.4 is 0 Å². The van der Waals surface area contributed by atoms with Crippen LogP contribution in [0.4, 0.5) is 0 Å². The summed E-state index contributed by atoms with van der Waals surface area (Å²) in [5.41, 5.74) is 2.26. The van der Waals surface area contributed by atoms with Gasteiger partial charge in [0.05, 0.1) is 18.6 Å². The van der Waals surface area contributed by atoms with Gasteiger partial charge in [-0.2, -0.15) is 0 Å². The lowest BCUT2D eigenvalue weighted by Crippen LogP contribution is -2.60. The lowest BCUT2D eigenvalue weighted by molar-refractivity contribution is -0.316. The molecule has 0 saturated carbocycles. The third kappa shape index (κ3) is 3.24. The molecule has 0 amide bonds. The van der Waals surface area contributed by atoms with E-state index >= 15 is 0 Å². The van der Waals surface area contributed by atoms with Crippen LogP contribution in [0.1, 0.15) is 27.2 Å². The van der Waals surface area contributed by atoms with Gasteiger partial charge in [-0.05, 0) is 26.3 Å². The summed E-state index contributed by atoms with van der Waals surface area (Å²) in [4.78, 5) is 25.0. The highest BCUT2D eigenvalue weighted by Crippen LogP contribution is 2.49. The summed E-state index contributed by atoms with van der Waals surface area (Å²) in [6, 6.07) is 0. The number of ketones is 1. The molecule has 2 aliphatic heterocycles. The van der Waals surface area contributed by atoms with Crippen LogP contribution in [0.15, 0.2) is 22.8 Å². The number of rotatable bonds is 3. The first-order valence-electron chi connectivity index (χ1n) is 10.2. The minimum atomic E-state index is -1.56. The number of hydrogen-bond acceptors (Lipinski definition) is 9. The molecular formula is C21H28O9. The van der Waals surface area contributed by atoms with Gasteiger partial charge in [-0.25, -0.2) is 0 Å². The quantitative estimate of drug-likeness (QED) is 0.429. The SMILES string of the molecule is CC1=CC(=O)C2=C(C)C[C@@H](O[C@@H]3O[C@H](CO)[C@@H](O)[C@H](O)[C@H]3O)[C@@H]3[C@@H](OC(=O)[C@H]3C)[C@@H]12. The lowest BCUT2D eigenvalue weighted by atomic mass is 9.79. The number of carbonyl (C=O) groups is 2. The average molecular weight is 424 g/mol. The smallest absolute Gasteiger partial charge is 0.309 e. The molecule has 4 N–H and O–H groups in total. The van der Waals surface area contributed by atoms with Gasteiger partial charge >= 0.3 is 5.97 Å². The monoisotopic (exact) mass is 424 g/mol. The Morgan fingerprint density at radius 2 is 1.83 bits per heavy atom. The molecule has 30 heavy (non-hydrogen) atoms. The molecular weight excluding hydrogens is 396 g/mol. The van der Waals surface area contributed by atoms with Gasteiger partial charge in [-0.3, -0.25) is 9.59 Å². The summed E-state index contributed by atoms with van der Waals surface area (Å²) in [7, 11) is 0. The standard InChI is InChI=1S/C21H28O9/c1-7-4-10(23)13-8(2)5-11(15-9(3)20(27)30-19(15)14(7)13)28-21-18(26)17(25)16(24)12(6-22)29-21/h4,9,11-12,14-19,21-22,24-26H,5-6H2,1-3H3/t9-,11+,12+,14-,15+,16+,17-,18+,19-,21+/m0/s1. The van der Waals surface area contributed by atoms with Crippen molar-refractivity contribution in [2.75, 3.05) is 6.61 Å². The van der Waals surface area contributed by atoms with Crippen LogP contribution in [0.25, 0.3) is 0 Å². The van der Waals surface area contributed by atoms with E-state index in [2.05, 4.69) is 0 Å². The first-order valence-corrected chi connectivity index (χ1v) is 10.2. The Morgan fingerprint density at radius 1 is 1.13 bits per heavy atom. The van der Waals surface area contributed by atoms with Crippen molar-refractivity contribution in [2.24, 2.45) is 17.8 Å². The number of carbonyl (C=O) groups excluding carboxylic acids is 2. The maximum absolute atomic E-state index is 12.6. The second-order valence-corrected chi connectivity index (χ2v) is 8.77. The van der Waals surface area contributed by atoms with E-state index in [0.717, 1.165) is 11.1 Å². The highest BCUT2D eigenvalue weighted by molar-refractivity contribution is 6.09. The van der Waals surface area contributed by atoms with Gasteiger partial charge in [0, 0.05) is 17.4 Å². The number of hydrogen-bond donors (Lipinski definition) is 4. The summed E-state index contributed by atoms with van der Waals surface area (Å²) in [5.74, 6) is -1.71. The molecule has 2 aliphatic carbocycles. The largest absolute Gasteiger partial charge is 0.461 e. The molecule has 166 valence electrons. The molecule has 0 bridgehead atoms. The Labute approximate surface area is 173 Å². The molecule has 0 aromatic carbocycles. The molecule has 4 aliphatic rings. The highest BCUT2D eigenvalue weighted by atomic mass is 16.7. The van der Waals surface area contributed by atoms with Gasteiger partial charge in [-0.1, -0.05) is 18.1 Å². The van der Waals surface area contributed by atoms with E-state index in [1.54, 1.807) is 13.0 Å². The van der Waals surface area contributed by atoms with E-state index < -0.39 is 61.4 Å². The Morgan fingerprint density at radius 3 is 2.50 bits per heavy atom. The minimum Gasteiger partial charge on any atom is -0.461 e. The molecule has 0 aromatic rings. The van der Waals surface area contributed by atoms with Crippen LogP contribution in [0.5, 0.6) is 0 Å². The zero-order valence-electron chi connectivity index (χ0n) is 17.1. The van der Waals surface area contributed by atoms with Gasteiger partial charge in [0.15, 0.2) is 12.1 Å². The predicted octanol–water partition coefficient (Wildman–Crippen LogP) is -0.785. The van der Waals surface area contributed by atoms with Crippen molar-refractivity contribution in [3.05, 3.63) is 22.8 Å².